The number of carbonyl (C=O) groups excluding carboxylic acids is 1. The normalized spacial score (nSPS) is 15.0. The lowest BCUT2D eigenvalue weighted by molar-refractivity contribution is -0.136. The van der Waals surface area contributed by atoms with E-state index in [1.54, 1.807) is 6.20 Å². The minimum atomic E-state index is 0.0785. The number of benzene rings is 1. The van der Waals surface area contributed by atoms with Gasteiger partial charge in [-0.3, -0.25) is 4.79 Å². The van der Waals surface area contributed by atoms with Crippen molar-refractivity contribution in [3.8, 4) is 0 Å². The van der Waals surface area contributed by atoms with Crippen LogP contribution in [0.4, 0.5) is 5.82 Å². The molecule has 2 heterocycles. The number of carbonyl (C=O) groups is 1. The molecule has 6 heteroatoms. The summed E-state index contributed by atoms with van der Waals surface area (Å²) >= 11 is 0. The Morgan fingerprint density at radius 1 is 1.21 bits per heavy atom. The molecule has 6 nitrogen and oxygen atoms in total. The summed E-state index contributed by atoms with van der Waals surface area (Å²) in [7, 11) is 0. The second-order valence-electron chi connectivity index (χ2n) is 6.03. The van der Waals surface area contributed by atoms with Crippen molar-refractivity contribution in [1.82, 2.24) is 15.1 Å². The fourth-order valence-electron chi connectivity index (χ4n) is 2.91. The molecule has 0 N–H and O–H groups in total. The van der Waals surface area contributed by atoms with E-state index in [2.05, 4.69) is 28.1 Å². The van der Waals surface area contributed by atoms with Gasteiger partial charge in [-0.2, -0.15) is 5.10 Å². The topological polar surface area (TPSA) is 58.6 Å². The molecule has 1 aromatic heterocycles. The quantitative estimate of drug-likeness (QED) is 0.760. The standard InChI is InChI=1S/C18H24N4O2/c1-2-3-12-24-14-17(23)21-8-10-22(11-9-21)18-16-7-5-4-6-15(16)13-19-20-18/h4-7,13H,2-3,8-12,14H2,1H3. The highest BCUT2D eigenvalue weighted by atomic mass is 16.5. The van der Waals surface area contributed by atoms with Crippen molar-refractivity contribution in [2.45, 2.75) is 19.8 Å². The smallest absolute Gasteiger partial charge is 0.248 e. The fraction of sp³-hybridized carbons (Fsp3) is 0.500. The molecule has 0 bridgehead atoms. The van der Waals surface area contributed by atoms with Crippen molar-refractivity contribution >= 4 is 22.5 Å². The molecule has 1 aliphatic heterocycles. The maximum atomic E-state index is 12.2. The highest BCUT2D eigenvalue weighted by Crippen LogP contribution is 2.23. The van der Waals surface area contributed by atoms with Gasteiger partial charge in [0, 0.05) is 43.6 Å². The molecule has 1 amide bonds. The van der Waals surface area contributed by atoms with Crippen LogP contribution in [0.15, 0.2) is 30.5 Å². The number of rotatable bonds is 6. The van der Waals surface area contributed by atoms with E-state index < -0.39 is 0 Å². The number of hydrogen-bond acceptors (Lipinski definition) is 5. The van der Waals surface area contributed by atoms with Gasteiger partial charge in [0.2, 0.25) is 5.91 Å². The van der Waals surface area contributed by atoms with Gasteiger partial charge in [-0.25, -0.2) is 0 Å². The summed E-state index contributed by atoms with van der Waals surface area (Å²) in [6.45, 7) is 5.89. The average molecular weight is 328 g/mol. The Labute approximate surface area is 142 Å². The molecule has 1 aromatic carbocycles. The Morgan fingerprint density at radius 3 is 2.79 bits per heavy atom. The Bertz CT molecular complexity index is 678. The molecule has 24 heavy (non-hydrogen) atoms. The number of unbranched alkanes of at least 4 members (excludes halogenated alkanes) is 1. The van der Waals surface area contributed by atoms with Crippen LogP contribution in [0.25, 0.3) is 10.8 Å². The molecule has 0 atom stereocenters. The SMILES string of the molecule is CCCCOCC(=O)N1CCN(c2nncc3ccccc23)CC1. The summed E-state index contributed by atoms with van der Waals surface area (Å²) in [5, 5.41) is 10.6. The summed E-state index contributed by atoms with van der Waals surface area (Å²) in [6.07, 6.45) is 3.87. The first-order valence-electron chi connectivity index (χ1n) is 8.60. The van der Waals surface area contributed by atoms with Crippen LogP contribution in [0.1, 0.15) is 19.8 Å². The lowest BCUT2D eigenvalue weighted by Crippen LogP contribution is -2.50. The minimum absolute atomic E-state index is 0.0785. The molecule has 1 aliphatic rings. The molecule has 0 radical (unpaired) electrons. The van der Waals surface area contributed by atoms with Crippen molar-refractivity contribution in [3.05, 3.63) is 30.5 Å². The predicted octanol–water partition coefficient (Wildman–Crippen LogP) is 2.10. The minimum Gasteiger partial charge on any atom is -0.372 e. The van der Waals surface area contributed by atoms with Gasteiger partial charge in [-0.05, 0) is 6.42 Å². The maximum absolute atomic E-state index is 12.2. The zero-order chi connectivity index (χ0) is 16.8. The van der Waals surface area contributed by atoms with Crippen molar-refractivity contribution in [1.29, 1.82) is 0 Å². The van der Waals surface area contributed by atoms with E-state index in [4.69, 9.17) is 4.74 Å². The zero-order valence-electron chi connectivity index (χ0n) is 14.1. The van der Waals surface area contributed by atoms with Crippen molar-refractivity contribution < 1.29 is 9.53 Å². The van der Waals surface area contributed by atoms with Gasteiger partial charge in [0.1, 0.15) is 6.61 Å². The van der Waals surface area contributed by atoms with E-state index in [1.165, 1.54) is 0 Å². The largest absolute Gasteiger partial charge is 0.372 e. The first-order valence-corrected chi connectivity index (χ1v) is 8.60. The molecule has 0 spiro atoms. The van der Waals surface area contributed by atoms with Gasteiger partial charge < -0.3 is 14.5 Å². The number of amides is 1. The molecule has 0 unspecified atom stereocenters. The maximum Gasteiger partial charge on any atom is 0.248 e. The fourth-order valence-corrected chi connectivity index (χ4v) is 2.91. The first-order chi connectivity index (χ1) is 11.8. The number of nitrogens with zero attached hydrogens (tertiary/aromatic N) is 4. The lowest BCUT2D eigenvalue weighted by Gasteiger charge is -2.35. The second-order valence-corrected chi connectivity index (χ2v) is 6.03. The van der Waals surface area contributed by atoms with Crippen LogP contribution in [0.5, 0.6) is 0 Å². The van der Waals surface area contributed by atoms with Crippen LogP contribution in [-0.4, -0.2) is 60.4 Å². The number of fused-ring (bicyclic) bond motifs is 1. The number of piperazine rings is 1. The molecular formula is C18H24N4O2. The Balaban J connectivity index is 1.57. The Kier molecular flexibility index (Phi) is 5.59. The predicted molar refractivity (Wildman–Crippen MR) is 94.1 cm³/mol. The van der Waals surface area contributed by atoms with Gasteiger partial charge in [-0.15, -0.1) is 5.10 Å². The average Bonchev–Trinajstić information content (AvgIpc) is 2.65. The molecule has 2 aromatic rings. The Hall–Kier alpha value is -2.21. The van der Waals surface area contributed by atoms with Gasteiger partial charge in [0.25, 0.3) is 0 Å². The summed E-state index contributed by atoms with van der Waals surface area (Å²) in [5.41, 5.74) is 0. The molecule has 0 saturated carbocycles. The van der Waals surface area contributed by atoms with E-state index in [0.717, 1.165) is 42.5 Å². The van der Waals surface area contributed by atoms with Gasteiger partial charge in [-0.1, -0.05) is 37.6 Å². The van der Waals surface area contributed by atoms with Gasteiger partial charge >= 0.3 is 0 Å². The Morgan fingerprint density at radius 2 is 2.00 bits per heavy atom. The number of ether oxygens (including phenoxy) is 1. The van der Waals surface area contributed by atoms with Crippen LogP contribution < -0.4 is 4.90 Å². The highest BCUT2D eigenvalue weighted by Gasteiger charge is 2.23. The zero-order valence-corrected chi connectivity index (χ0v) is 14.1. The number of aromatic nitrogens is 2. The first kappa shape index (κ1) is 16.6. The van der Waals surface area contributed by atoms with Crippen LogP contribution >= 0.6 is 0 Å². The molecule has 3 rings (SSSR count). The van der Waals surface area contributed by atoms with E-state index in [1.807, 2.05) is 23.1 Å². The second kappa shape index (κ2) is 8.06. The third-order valence-corrected chi connectivity index (χ3v) is 4.35. The monoisotopic (exact) mass is 328 g/mol. The van der Waals surface area contributed by atoms with Crippen LogP contribution in [-0.2, 0) is 9.53 Å². The van der Waals surface area contributed by atoms with Crippen molar-refractivity contribution in [3.63, 3.8) is 0 Å². The van der Waals surface area contributed by atoms with Gasteiger partial charge in [0.05, 0.1) is 6.20 Å². The van der Waals surface area contributed by atoms with Crippen LogP contribution in [0, 0.1) is 0 Å². The van der Waals surface area contributed by atoms with Crippen LogP contribution in [0.2, 0.25) is 0 Å². The van der Waals surface area contributed by atoms with Crippen LogP contribution in [0.3, 0.4) is 0 Å². The molecule has 1 saturated heterocycles. The van der Waals surface area contributed by atoms with E-state index >= 15 is 0 Å². The van der Waals surface area contributed by atoms with Crippen molar-refractivity contribution in [2.75, 3.05) is 44.3 Å². The summed E-state index contributed by atoms with van der Waals surface area (Å²) in [6, 6.07) is 8.13. The molecule has 128 valence electrons. The third kappa shape index (κ3) is 3.82. The van der Waals surface area contributed by atoms with Crippen molar-refractivity contribution in [2.24, 2.45) is 0 Å². The third-order valence-electron chi connectivity index (χ3n) is 4.35. The highest BCUT2D eigenvalue weighted by molar-refractivity contribution is 5.91. The molecular weight excluding hydrogens is 304 g/mol. The summed E-state index contributed by atoms with van der Waals surface area (Å²) < 4.78 is 5.43. The van der Waals surface area contributed by atoms with E-state index in [-0.39, 0.29) is 12.5 Å². The number of hydrogen-bond donors (Lipinski definition) is 0. The lowest BCUT2D eigenvalue weighted by atomic mass is 10.1. The van der Waals surface area contributed by atoms with E-state index in [9.17, 15) is 4.79 Å². The van der Waals surface area contributed by atoms with E-state index in [0.29, 0.717) is 19.7 Å². The van der Waals surface area contributed by atoms with Gasteiger partial charge in [0.15, 0.2) is 5.82 Å². The summed E-state index contributed by atoms with van der Waals surface area (Å²) in [4.78, 5) is 16.3. The molecule has 1 fully saturated rings. The molecule has 0 aliphatic carbocycles. The number of anilines is 1. The summed E-state index contributed by atoms with van der Waals surface area (Å²) in [5.74, 6) is 0.981.